The fourth-order valence-corrected chi connectivity index (χ4v) is 2.03. The molecule has 1 atom stereocenters. The third-order valence-electron chi connectivity index (χ3n) is 3.15. The summed E-state index contributed by atoms with van der Waals surface area (Å²) in [4.78, 5) is 14.2. The van der Waals surface area contributed by atoms with Crippen molar-refractivity contribution in [3.8, 4) is 0 Å². The molecule has 1 aliphatic rings. The lowest BCUT2D eigenvalue weighted by atomic mass is 10.1. The lowest BCUT2D eigenvalue weighted by Gasteiger charge is -2.27. The van der Waals surface area contributed by atoms with Crippen LogP contribution in [0.2, 0.25) is 0 Å². The maximum atomic E-state index is 12.3. The molecule has 2 heterocycles. The number of aliphatic hydroxyl groups excluding tert-OH is 1. The number of hydrazine groups is 1. The Morgan fingerprint density at radius 1 is 1.14 bits per heavy atom. The highest BCUT2D eigenvalue weighted by molar-refractivity contribution is 5.43. The third kappa shape index (κ3) is 4.33. The average molecular weight is 303 g/mol. The molecule has 1 aromatic rings. The van der Waals surface area contributed by atoms with Crippen LogP contribution < -0.4 is 21.5 Å². The van der Waals surface area contributed by atoms with Gasteiger partial charge < -0.3 is 15.3 Å². The van der Waals surface area contributed by atoms with Gasteiger partial charge in [-0.25, -0.2) is 14.6 Å². The predicted octanol–water partition coefficient (Wildman–Crippen LogP) is 0.185. The molecule has 0 amide bonds. The molecule has 118 valence electrons. The molecule has 2 rings (SSSR count). The lowest BCUT2D eigenvalue weighted by molar-refractivity contribution is 0.00376. The second-order valence-corrected chi connectivity index (χ2v) is 4.76. The fourth-order valence-electron chi connectivity index (χ4n) is 2.03. The van der Waals surface area contributed by atoms with Gasteiger partial charge in [-0.2, -0.15) is 15.0 Å². The number of rotatable bonds is 6. The highest BCUT2D eigenvalue weighted by Gasteiger charge is 2.19. The van der Waals surface area contributed by atoms with Crippen LogP contribution in [0, 0.1) is 0 Å². The molecule has 1 aliphatic heterocycles. The Balaban J connectivity index is 2.09. The molecule has 0 radical (unpaired) electrons. The monoisotopic (exact) mass is 303 g/mol. The Morgan fingerprint density at radius 2 is 1.81 bits per heavy atom. The van der Waals surface area contributed by atoms with E-state index in [0.29, 0.717) is 5.95 Å². The smallest absolute Gasteiger partial charge is 0.265 e. The molecule has 5 N–H and O–H groups in total. The Labute approximate surface area is 120 Å². The molecule has 1 saturated heterocycles. The normalized spacial score (nSPS) is 16.9. The maximum Gasteiger partial charge on any atom is 0.265 e. The number of hydrogen-bond acceptors (Lipinski definition) is 8. The summed E-state index contributed by atoms with van der Waals surface area (Å²) in [5.74, 6) is 5.97. The molecule has 21 heavy (non-hydrogen) atoms. The number of nitrogens with one attached hydrogen (secondary N) is 2. The first-order valence-electron chi connectivity index (χ1n) is 6.78. The van der Waals surface area contributed by atoms with Crippen LogP contribution in [0.4, 0.5) is 26.6 Å². The molecule has 8 nitrogen and oxygen atoms in total. The highest BCUT2D eigenvalue weighted by atomic mass is 19.3. The van der Waals surface area contributed by atoms with Gasteiger partial charge in [-0.15, -0.1) is 0 Å². The number of nitrogen functional groups attached to an aromatic ring is 1. The van der Waals surface area contributed by atoms with E-state index >= 15 is 0 Å². The minimum absolute atomic E-state index is 0.0956. The molecular formula is C11H19F2N7O. The first kappa shape index (κ1) is 15.6. The van der Waals surface area contributed by atoms with Crippen molar-refractivity contribution in [1.29, 1.82) is 0 Å². The summed E-state index contributed by atoms with van der Waals surface area (Å²) in [7, 11) is 0. The van der Waals surface area contributed by atoms with Gasteiger partial charge in [0.15, 0.2) is 0 Å². The Bertz CT molecular complexity index is 456. The van der Waals surface area contributed by atoms with Gasteiger partial charge in [-0.3, -0.25) is 5.43 Å². The zero-order valence-corrected chi connectivity index (χ0v) is 11.5. The van der Waals surface area contributed by atoms with Crippen molar-refractivity contribution >= 4 is 17.8 Å². The number of aliphatic hydroxyl groups is 1. The van der Waals surface area contributed by atoms with Crippen molar-refractivity contribution in [2.75, 3.05) is 35.3 Å². The Morgan fingerprint density at radius 3 is 2.43 bits per heavy atom. The molecule has 0 saturated carbocycles. The van der Waals surface area contributed by atoms with Crippen molar-refractivity contribution in [2.45, 2.75) is 31.8 Å². The van der Waals surface area contributed by atoms with Gasteiger partial charge >= 0.3 is 0 Å². The maximum absolute atomic E-state index is 12.3. The van der Waals surface area contributed by atoms with E-state index in [1.165, 1.54) is 0 Å². The van der Waals surface area contributed by atoms with Crippen molar-refractivity contribution in [3.63, 3.8) is 0 Å². The number of hydrogen-bond donors (Lipinski definition) is 4. The fraction of sp³-hybridized carbons (Fsp3) is 0.727. The molecule has 1 aromatic heterocycles. The van der Waals surface area contributed by atoms with Gasteiger partial charge in [0.05, 0.1) is 0 Å². The summed E-state index contributed by atoms with van der Waals surface area (Å²) in [5.41, 5.74) is 2.32. The first-order chi connectivity index (χ1) is 10.1. The summed E-state index contributed by atoms with van der Waals surface area (Å²) < 4.78 is 24.5. The number of anilines is 3. The summed E-state index contributed by atoms with van der Waals surface area (Å²) >= 11 is 0. The van der Waals surface area contributed by atoms with Crippen molar-refractivity contribution in [1.82, 2.24) is 15.0 Å². The molecule has 1 fully saturated rings. The zero-order chi connectivity index (χ0) is 15.2. The largest absolute Gasteiger partial charge is 0.385 e. The van der Waals surface area contributed by atoms with Crippen LogP contribution in [0.1, 0.15) is 19.3 Å². The van der Waals surface area contributed by atoms with Gasteiger partial charge in [0.2, 0.25) is 17.8 Å². The van der Waals surface area contributed by atoms with Crippen LogP contribution in [-0.2, 0) is 0 Å². The number of piperidine rings is 1. The summed E-state index contributed by atoms with van der Waals surface area (Å²) in [5, 5.41) is 11.7. The van der Waals surface area contributed by atoms with E-state index in [1.54, 1.807) is 0 Å². The molecule has 0 bridgehead atoms. The van der Waals surface area contributed by atoms with Gasteiger partial charge in [0, 0.05) is 19.6 Å². The molecule has 0 aromatic carbocycles. The summed E-state index contributed by atoms with van der Waals surface area (Å²) in [6, 6.07) is 0. The molecule has 1 unspecified atom stereocenters. The topological polar surface area (TPSA) is 112 Å². The number of nitrogens with zero attached hydrogens (tertiary/aromatic N) is 4. The standard InChI is InChI=1S/C11H19F2N7O/c12-8(13)7(21)6-15-9-16-10(19-14)18-11(17-9)20-4-2-1-3-5-20/h7-8,21H,1-6,14H2,(H2,15,16,17,18,19). The van der Waals surface area contributed by atoms with E-state index in [-0.39, 0.29) is 18.4 Å². The molecule has 0 aliphatic carbocycles. The van der Waals surface area contributed by atoms with Crippen molar-refractivity contribution < 1.29 is 13.9 Å². The van der Waals surface area contributed by atoms with Crippen LogP contribution in [0.3, 0.4) is 0 Å². The number of halogens is 2. The van der Waals surface area contributed by atoms with E-state index in [9.17, 15) is 8.78 Å². The summed E-state index contributed by atoms with van der Waals surface area (Å²) in [6.45, 7) is 1.30. The van der Waals surface area contributed by atoms with Gasteiger partial charge in [0.1, 0.15) is 6.10 Å². The lowest BCUT2D eigenvalue weighted by Crippen LogP contribution is -2.32. The van der Waals surface area contributed by atoms with E-state index in [0.717, 1.165) is 32.4 Å². The number of alkyl halides is 2. The minimum Gasteiger partial charge on any atom is -0.385 e. The third-order valence-corrected chi connectivity index (χ3v) is 3.15. The SMILES string of the molecule is NNc1nc(NCC(O)C(F)F)nc(N2CCCCC2)n1. The minimum atomic E-state index is -2.83. The van der Waals surface area contributed by atoms with E-state index in [1.807, 2.05) is 4.90 Å². The summed E-state index contributed by atoms with van der Waals surface area (Å²) in [6.07, 6.45) is -1.36. The zero-order valence-electron chi connectivity index (χ0n) is 11.5. The van der Waals surface area contributed by atoms with Gasteiger partial charge in [0.25, 0.3) is 6.43 Å². The van der Waals surface area contributed by atoms with Crippen LogP contribution >= 0.6 is 0 Å². The second-order valence-electron chi connectivity index (χ2n) is 4.76. The molecule has 10 heteroatoms. The quantitative estimate of drug-likeness (QED) is 0.435. The number of aromatic nitrogens is 3. The first-order valence-corrected chi connectivity index (χ1v) is 6.78. The Hall–Kier alpha value is -1.81. The van der Waals surface area contributed by atoms with Crippen molar-refractivity contribution in [3.05, 3.63) is 0 Å². The van der Waals surface area contributed by atoms with Crippen LogP contribution in [0.25, 0.3) is 0 Å². The molecule has 0 spiro atoms. The van der Waals surface area contributed by atoms with Crippen molar-refractivity contribution in [2.24, 2.45) is 5.84 Å². The van der Waals surface area contributed by atoms with Crippen LogP contribution in [0.5, 0.6) is 0 Å². The van der Waals surface area contributed by atoms with Crippen LogP contribution in [0.15, 0.2) is 0 Å². The van der Waals surface area contributed by atoms with Gasteiger partial charge in [-0.05, 0) is 19.3 Å². The highest BCUT2D eigenvalue weighted by Crippen LogP contribution is 2.18. The number of nitrogens with two attached hydrogens (primary N) is 1. The average Bonchev–Trinajstić information content (AvgIpc) is 2.52. The predicted molar refractivity (Wildman–Crippen MR) is 74.2 cm³/mol. The van der Waals surface area contributed by atoms with E-state index in [2.05, 4.69) is 25.7 Å². The second kappa shape index (κ2) is 7.27. The Kier molecular flexibility index (Phi) is 5.39. The van der Waals surface area contributed by atoms with E-state index < -0.39 is 12.5 Å². The molecular weight excluding hydrogens is 284 g/mol. The van der Waals surface area contributed by atoms with Crippen LogP contribution in [-0.4, -0.2) is 52.2 Å². The van der Waals surface area contributed by atoms with E-state index in [4.69, 9.17) is 10.9 Å². The van der Waals surface area contributed by atoms with Gasteiger partial charge in [-0.1, -0.05) is 0 Å².